The van der Waals surface area contributed by atoms with Gasteiger partial charge >= 0.3 is 5.69 Å². The van der Waals surface area contributed by atoms with Crippen molar-refractivity contribution < 1.29 is 23.9 Å². The third-order valence-electron chi connectivity index (χ3n) is 4.27. The molecule has 2 aromatic rings. The second kappa shape index (κ2) is 7.45. The van der Waals surface area contributed by atoms with E-state index in [0.29, 0.717) is 0 Å². The monoisotopic (exact) mass is 397 g/mol. The first-order chi connectivity index (χ1) is 13.6. The normalized spacial score (nSPS) is 17.7. The number of nitrogens with one attached hydrogen (secondary N) is 2. The molecule has 2 atom stereocenters. The number of halogens is 4. The van der Waals surface area contributed by atoms with Gasteiger partial charge in [0.15, 0.2) is 1.41 Å². The average Bonchev–Trinajstić information content (AvgIpc) is 2.65. The highest BCUT2D eigenvalue weighted by Crippen LogP contribution is 2.31. The van der Waals surface area contributed by atoms with Gasteiger partial charge in [-0.3, -0.25) is 10.1 Å². The van der Waals surface area contributed by atoms with Crippen molar-refractivity contribution in [2.45, 2.75) is 32.5 Å². The van der Waals surface area contributed by atoms with E-state index in [1.165, 1.54) is 19.1 Å². The molecule has 148 valence electrons. The molecule has 10 heteroatoms. The summed E-state index contributed by atoms with van der Waals surface area (Å²) in [5.41, 5.74) is -1.49. The van der Waals surface area contributed by atoms with Crippen molar-refractivity contribution in [3.63, 3.8) is 0 Å². The van der Waals surface area contributed by atoms with Gasteiger partial charge < -0.3 is 10.6 Å². The van der Waals surface area contributed by atoms with E-state index in [1.807, 2.05) is 0 Å². The van der Waals surface area contributed by atoms with Crippen LogP contribution >= 0.6 is 0 Å². The van der Waals surface area contributed by atoms with Crippen molar-refractivity contribution in [2.24, 2.45) is 4.99 Å². The van der Waals surface area contributed by atoms with Crippen LogP contribution in [0, 0.1) is 21.7 Å². The number of fused-ring (bicyclic) bond motifs is 1. The van der Waals surface area contributed by atoms with Crippen molar-refractivity contribution in [3.8, 4) is 0 Å². The lowest BCUT2D eigenvalue weighted by Crippen LogP contribution is -2.34. The van der Waals surface area contributed by atoms with Gasteiger partial charge in [-0.1, -0.05) is 18.2 Å². The number of nitro groups is 1. The molecule has 2 aromatic carbocycles. The summed E-state index contributed by atoms with van der Waals surface area (Å²) in [6, 6.07) is 4.56. The molecule has 0 radical (unpaired) electrons. The second-order valence-electron chi connectivity index (χ2n) is 6.23. The molecule has 0 saturated heterocycles. The first-order valence-electron chi connectivity index (χ1n) is 8.73. The number of anilines is 1. The summed E-state index contributed by atoms with van der Waals surface area (Å²) >= 11 is 0. The molecule has 2 unspecified atom stereocenters. The molecule has 0 amide bonds. The minimum atomic E-state index is -2.99. The molecule has 1 aliphatic heterocycles. The van der Waals surface area contributed by atoms with Gasteiger partial charge in [0.2, 0.25) is 5.82 Å². The molecule has 6 nitrogen and oxygen atoms in total. The predicted molar refractivity (Wildman–Crippen MR) is 95.6 cm³/mol. The highest BCUT2D eigenvalue weighted by molar-refractivity contribution is 6.05. The Kier molecular flexibility index (Phi) is 4.84. The number of amidine groups is 1. The molecule has 1 aliphatic rings. The number of nitro benzene ring substituents is 1. The third kappa shape index (κ3) is 3.62. The fraction of sp³-hybridized carbons (Fsp3) is 0.278. The van der Waals surface area contributed by atoms with E-state index in [0.717, 1.165) is 23.5 Å². The maximum Gasteiger partial charge on any atom is 0.305 e. The Balaban J connectivity index is 2.02. The maximum absolute atomic E-state index is 14.4. The summed E-state index contributed by atoms with van der Waals surface area (Å²) in [5, 5.41) is 14.8. The minimum absolute atomic E-state index is 0.0344. The van der Waals surface area contributed by atoms with E-state index in [1.54, 1.807) is 6.92 Å². The smallest absolute Gasteiger partial charge is 0.305 e. The highest BCUT2D eigenvalue weighted by atomic mass is 19.3. The zero-order valence-corrected chi connectivity index (χ0v) is 14.8. The Morgan fingerprint density at radius 1 is 1.32 bits per heavy atom. The number of rotatable bonds is 4. The van der Waals surface area contributed by atoms with Crippen LogP contribution in [-0.4, -0.2) is 16.9 Å². The Labute approximate surface area is 158 Å². The first-order valence-corrected chi connectivity index (χ1v) is 8.29. The van der Waals surface area contributed by atoms with Gasteiger partial charge in [-0.25, -0.2) is 18.2 Å². The van der Waals surface area contributed by atoms with Gasteiger partial charge in [-0.2, -0.15) is 4.39 Å². The molecule has 2 N–H and O–H groups in total. The van der Waals surface area contributed by atoms with Crippen LogP contribution in [0.15, 0.2) is 35.3 Å². The fourth-order valence-electron chi connectivity index (χ4n) is 2.94. The van der Waals surface area contributed by atoms with Crippen molar-refractivity contribution in [1.29, 1.82) is 0 Å². The van der Waals surface area contributed by atoms with E-state index in [9.17, 15) is 27.7 Å². The van der Waals surface area contributed by atoms with Crippen LogP contribution in [0.25, 0.3) is 0 Å². The summed E-state index contributed by atoms with van der Waals surface area (Å²) in [7, 11) is 0. The minimum Gasteiger partial charge on any atom is -0.363 e. The van der Waals surface area contributed by atoms with E-state index in [4.69, 9.17) is 1.41 Å². The number of benzene rings is 2. The van der Waals surface area contributed by atoms with Crippen LogP contribution in [0.4, 0.5) is 28.9 Å². The molecule has 28 heavy (non-hydrogen) atoms. The Morgan fingerprint density at radius 3 is 2.64 bits per heavy atom. The van der Waals surface area contributed by atoms with Gasteiger partial charge in [0, 0.05) is 23.3 Å². The largest absolute Gasteiger partial charge is 0.363 e. The molecule has 0 saturated carbocycles. The standard InChI is InChI=1S/C18H16F4N4O2/c1-8(10-4-3-5-11(16(10)20)17(21)22)23-18-12-6-15(26(27)28)13(19)7-14(12)24-9(2)25-18/h3-9,17,24H,1-2H3,(H,23,25)/i/hD. The number of nitrogens with zero attached hydrogens (tertiary/aromatic N) is 2. The molecule has 3 rings (SSSR count). The van der Waals surface area contributed by atoms with E-state index >= 15 is 0 Å². The quantitative estimate of drug-likeness (QED) is 0.446. The van der Waals surface area contributed by atoms with Gasteiger partial charge in [0.25, 0.3) is 6.43 Å². The van der Waals surface area contributed by atoms with Crippen molar-refractivity contribution in [3.05, 3.63) is 68.8 Å². The number of hydrogen-bond donors (Lipinski definition) is 2. The van der Waals surface area contributed by atoms with Gasteiger partial charge in [-0.15, -0.1) is 0 Å². The zero-order chi connectivity index (χ0) is 21.5. The third-order valence-corrected chi connectivity index (χ3v) is 4.27. The summed E-state index contributed by atoms with van der Waals surface area (Å²) in [6.45, 7) is 3.05. The highest BCUT2D eigenvalue weighted by Gasteiger charge is 2.27. The maximum atomic E-state index is 14.4. The van der Waals surface area contributed by atoms with Crippen molar-refractivity contribution in [2.75, 3.05) is 5.31 Å². The van der Waals surface area contributed by atoms with Crippen LogP contribution in [0.1, 0.15) is 43.0 Å². The molecule has 1 heterocycles. The lowest BCUT2D eigenvalue weighted by molar-refractivity contribution is -0.387. The molecular formula is C18H16F4N4O2. The van der Waals surface area contributed by atoms with Crippen LogP contribution in [0.2, 0.25) is 1.41 Å². The Morgan fingerprint density at radius 2 is 2.00 bits per heavy atom. The lowest BCUT2D eigenvalue weighted by Gasteiger charge is -2.26. The van der Waals surface area contributed by atoms with E-state index < -0.39 is 46.4 Å². The second-order valence-corrected chi connectivity index (χ2v) is 6.23. The Hall–Kier alpha value is -3.17. The van der Waals surface area contributed by atoms with Crippen LogP contribution in [-0.2, 0) is 0 Å². The zero-order valence-electron chi connectivity index (χ0n) is 15.8. The predicted octanol–water partition coefficient (Wildman–Crippen LogP) is 4.68. The van der Waals surface area contributed by atoms with Gasteiger partial charge in [-0.05, 0) is 13.8 Å². The SMILES string of the molecule is [2H]N1c2cc(F)c([N+](=O)[O-])cc2C(NC(C)c2cccc(C(F)F)c2F)=NC1C. The van der Waals surface area contributed by atoms with Crippen molar-refractivity contribution >= 4 is 17.2 Å². The fourth-order valence-corrected chi connectivity index (χ4v) is 2.94. The molecule has 0 fully saturated rings. The molecule has 0 spiro atoms. The van der Waals surface area contributed by atoms with Crippen LogP contribution in [0.3, 0.4) is 0 Å². The number of alkyl halides is 2. The summed E-state index contributed by atoms with van der Waals surface area (Å²) in [5.74, 6) is -2.11. The van der Waals surface area contributed by atoms with Crippen LogP contribution < -0.4 is 10.6 Å². The summed E-state index contributed by atoms with van der Waals surface area (Å²) < 4.78 is 62.4. The molecule has 0 bridgehead atoms. The number of hydrogen-bond acceptors (Lipinski definition) is 5. The molecule has 0 aliphatic carbocycles. The lowest BCUT2D eigenvalue weighted by atomic mass is 10.0. The molecule has 0 aromatic heterocycles. The van der Waals surface area contributed by atoms with Crippen molar-refractivity contribution in [1.82, 2.24) is 5.32 Å². The van der Waals surface area contributed by atoms with Gasteiger partial charge in [0.1, 0.15) is 17.8 Å². The number of aliphatic imine (C=N–C) groups is 1. The average molecular weight is 397 g/mol. The topological polar surface area (TPSA) is 79.6 Å². The van der Waals surface area contributed by atoms with Crippen LogP contribution in [0.5, 0.6) is 0 Å². The molecular weight excluding hydrogens is 380 g/mol. The summed E-state index contributed by atoms with van der Waals surface area (Å²) in [6.07, 6.45) is -3.76. The van der Waals surface area contributed by atoms with Gasteiger partial charge in [0.05, 0.1) is 22.2 Å². The van der Waals surface area contributed by atoms with E-state index in [2.05, 4.69) is 10.3 Å². The summed E-state index contributed by atoms with van der Waals surface area (Å²) in [4.78, 5) is 14.4. The Bertz CT molecular complexity index is 1000. The van der Waals surface area contributed by atoms with E-state index in [-0.39, 0.29) is 22.6 Å². The first kappa shape index (κ1) is 18.2.